The highest BCUT2D eigenvalue weighted by molar-refractivity contribution is 6.01. The van der Waals surface area contributed by atoms with Crippen LogP contribution in [-0.4, -0.2) is 19.7 Å². The van der Waals surface area contributed by atoms with Gasteiger partial charge in [0.25, 0.3) is 0 Å². The van der Waals surface area contributed by atoms with Crippen molar-refractivity contribution in [2.45, 2.75) is 13.8 Å². The van der Waals surface area contributed by atoms with Crippen LogP contribution in [0.3, 0.4) is 0 Å². The molecule has 4 nitrogen and oxygen atoms in total. The Hall–Kier alpha value is -2.49. The van der Waals surface area contributed by atoms with E-state index in [0.717, 1.165) is 11.3 Å². The molecule has 21 heavy (non-hydrogen) atoms. The summed E-state index contributed by atoms with van der Waals surface area (Å²) in [4.78, 5) is 14.1. The first kappa shape index (κ1) is 14.9. The number of ether oxygens (including phenoxy) is 1. The highest BCUT2D eigenvalue weighted by Gasteiger charge is 2.14. The number of urea groups is 1. The van der Waals surface area contributed by atoms with E-state index in [1.807, 2.05) is 56.3 Å². The Labute approximate surface area is 125 Å². The normalized spacial score (nSPS) is 10.0. The molecule has 0 fully saturated rings. The number of rotatable bonds is 4. The molecule has 2 aromatic carbocycles. The van der Waals surface area contributed by atoms with E-state index in [0.29, 0.717) is 18.0 Å². The summed E-state index contributed by atoms with van der Waals surface area (Å²) in [5.41, 5.74) is 2.73. The Morgan fingerprint density at radius 3 is 2.62 bits per heavy atom. The largest absolute Gasteiger partial charge is 0.497 e. The van der Waals surface area contributed by atoms with Crippen LogP contribution in [0.25, 0.3) is 0 Å². The van der Waals surface area contributed by atoms with Crippen molar-refractivity contribution in [2.75, 3.05) is 23.9 Å². The van der Waals surface area contributed by atoms with Crippen LogP contribution in [0.4, 0.5) is 16.2 Å². The molecule has 0 unspecified atom stereocenters. The van der Waals surface area contributed by atoms with Crippen LogP contribution in [0, 0.1) is 6.92 Å². The standard InChI is InChI=1S/C17H20N2O2/c1-4-19(15-9-5-7-13(2)11-15)17(20)18-14-8-6-10-16(12-14)21-3/h5-12H,4H2,1-3H3,(H,18,20). The Morgan fingerprint density at radius 2 is 1.95 bits per heavy atom. The van der Waals surface area contributed by atoms with E-state index in [9.17, 15) is 4.79 Å². The summed E-state index contributed by atoms with van der Waals surface area (Å²) < 4.78 is 5.16. The van der Waals surface area contributed by atoms with E-state index in [-0.39, 0.29) is 6.03 Å². The third kappa shape index (κ3) is 3.75. The summed E-state index contributed by atoms with van der Waals surface area (Å²) in [5, 5.41) is 2.89. The first-order valence-corrected chi connectivity index (χ1v) is 6.93. The van der Waals surface area contributed by atoms with Crippen molar-refractivity contribution in [1.29, 1.82) is 0 Å². The number of anilines is 2. The van der Waals surface area contributed by atoms with Gasteiger partial charge in [-0.05, 0) is 43.7 Å². The predicted molar refractivity (Wildman–Crippen MR) is 86.2 cm³/mol. The minimum absolute atomic E-state index is 0.156. The van der Waals surface area contributed by atoms with Gasteiger partial charge in [0.05, 0.1) is 7.11 Å². The zero-order valence-electron chi connectivity index (χ0n) is 12.6. The molecule has 0 saturated carbocycles. The number of nitrogens with one attached hydrogen (secondary N) is 1. The van der Waals surface area contributed by atoms with Crippen LogP contribution in [0.1, 0.15) is 12.5 Å². The molecule has 0 aliphatic rings. The van der Waals surface area contributed by atoms with Gasteiger partial charge in [0, 0.05) is 24.0 Å². The fourth-order valence-electron chi connectivity index (χ4n) is 2.13. The smallest absolute Gasteiger partial charge is 0.326 e. The zero-order valence-corrected chi connectivity index (χ0v) is 12.6. The van der Waals surface area contributed by atoms with Crippen LogP contribution in [0.5, 0.6) is 5.75 Å². The van der Waals surface area contributed by atoms with Crippen LogP contribution < -0.4 is 15.0 Å². The first-order chi connectivity index (χ1) is 10.1. The van der Waals surface area contributed by atoms with Crippen molar-refractivity contribution in [3.05, 3.63) is 54.1 Å². The van der Waals surface area contributed by atoms with Crippen molar-refractivity contribution in [2.24, 2.45) is 0 Å². The maximum Gasteiger partial charge on any atom is 0.326 e. The number of amides is 2. The Balaban J connectivity index is 2.16. The summed E-state index contributed by atoms with van der Waals surface area (Å²) in [6.45, 7) is 4.56. The van der Waals surface area contributed by atoms with Gasteiger partial charge >= 0.3 is 6.03 Å². The summed E-state index contributed by atoms with van der Waals surface area (Å²) in [5.74, 6) is 0.714. The molecule has 0 aliphatic carbocycles. The van der Waals surface area contributed by atoms with Gasteiger partial charge in [-0.3, -0.25) is 4.90 Å². The molecule has 4 heteroatoms. The van der Waals surface area contributed by atoms with Gasteiger partial charge in [0.1, 0.15) is 5.75 Å². The lowest BCUT2D eigenvalue weighted by atomic mass is 10.2. The van der Waals surface area contributed by atoms with E-state index in [1.54, 1.807) is 18.1 Å². The highest BCUT2D eigenvalue weighted by Crippen LogP contribution is 2.20. The zero-order chi connectivity index (χ0) is 15.2. The number of hydrogen-bond donors (Lipinski definition) is 1. The van der Waals surface area contributed by atoms with Gasteiger partial charge in [-0.25, -0.2) is 4.79 Å². The van der Waals surface area contributed by atoms with Crippen molar-refractivity contribution < 1.29 is 9.53 Å². The number of aryl methyl sites for hydroxylation is 1. The number of methoxy groups -OCH3 is 1. The maximum absolute atomic E-state index is 12.4. The molecule has 110 valence electrons. The van der Waals surface area contributed by atoms with Gasteiger partial charge in [0.2, 0.25) is 0 Å². The van der Waals surface area contributed by atoms with Crippen molar-refractivity contribution in [1.82, 2.24) is 0 Å². The molecular weight excluding hydrogens is 264 g/mol. The molecule has 0 heterocycles. The Kier molecular flexibility index (Phi) is 4.82. The second-order valence-electron chi connectivity index (χ2n) is 4.75. The van der Waals surface area contributed by atoms with Gasteiger partial charge in [-0.15, -0.1) is 0 Å². The van der Waals surface area contributed by atoms with Crippen molar-refractivity contribution in [3.63, 3.8) is 0 Å². The SMILES string of the molecule is CCN(C(=O)Nc1cccc(OC)c1)c1cccc(C)c1. The fourth-order valence-corrected chi connectivity index (χ4v) is 2.13. The molecular formula is C17H20N2O2. The Bertz CT molecular complexity index is 626. The van der Waals surface area contributed by atoms with Gasteiger partial charge in [-0.2, -0.15) is 0 Å². The number of carbonyl (C=O) groups excluding carboxylic acids is 1. The third-order valence-corrected chi connectivity index (χ3v) is 3.20. The topological polar surface area (TPSA) is 41.6 Å². The molecule has 0 bridgehead atoms. The fraction of sp³-hybridized carbons (Fsp3) is 0.235. The number of nitrogens with zero attached hydrogens (tertiary/aromatic N) is 1. The quantitative estimate of drug-likeness (QED) is 0.919. The van der Waals surface area contributed by atoms with Gasteiger partial charge < -0.3 is 10.1 Å². The second kappa shape index (κ2) is 6.79. The molecule has 2 rings (SSSR count). The van der Waals surface area contributed by atoms with E-state index in [1.165, 1.54) is 0 Å². The maximum atomic E-state index is 12.4. The van der Waals surface area contributed by atoms with Crippen molar-refractivity contribution >= 4 is 17.4 Å². The van der Waals surface area contributed by atoms with E-state index >= 15 is 0 Å². The molecule has 0 radical (unpaired) electrons. The molecule has 0 saturated heterocycles. The summed E-state index contributed by atoms with van der Waals surface area (Å²) in [6.07, 6.45) is 0. The van der Waals surface area contributed by atoms with Gasteiger partial charge in [0.15, 0.2) is 0 Å². The molecule has 0 atom stereocenters. The molecule has 0 aromatic heterocycles. The van der Waals surface area contributed by atoms with Crippen LogP contribution in [-0.2, 0) is 0 Å². The lowest BCUT2D eigenvalue weighted by Gasteiger charge is -2.22. The molecule has 1 N–H and O–H groups in total. The minimum Gasteiger partial charge on any atom is -0.497 e. The first-order valence-electron chi connectivity index (χ1n) is 6.93. The van der Waals surface area contributed by atoms with Gasteiger partial charge in [-0.1, -0.05) is 18.2 Å². The van der Waals surface area contributed by atoms with Crippen LogP contribution >= 0.6 is 0 Å². The molecule has 2 amide bonds. The highest BCUT2D eigenvalue weighted by atomic mass is 16.5. The van der Waals surface area contributed by atoms with E-state index in [4.69, 9.17) is 4.74 Å². The van der Waals surface area contributed by atoms with Crippen molar-refractivity contribution in [3.8, 4) is 5.75 Å². The minimum atomic E-state index is -0.156. The lowest BCUT2D eigenvalue weighted by Crippen LogP contribution is -2.34. The average molecular weight is 284 g/mol. The number of carbonyl (C=O) groups is 1. The van der Waals surface area contributed by atoms with E-state index < -0.39 is 0 Å². The summed E-state index contributed by atoms with van der Waals surface area (Å²) in [7, 11) is 1.60. The molecule has 0 aliphatic heterocycles. The van der Waals surface area contributed by atoms with E-state index in [2.05, 4.69) is 5.32 Å². The monoisotopic (exact) mass is 284 g/mol. The Morgan fingerprint density at radius 1 is 1.19 bits per heavy atom. The molecule has 2 aromatic rings. The van der Waals surface area contributed by atoms with Crippen LogP contribution in [0.15, 0.2) is 48.5 Å². The number of hydrogen-bond acceptors (Lipinski definition) is 2. The molecule has 0 spiro atoms. The third-order valence-electron chi connectivity index (χ3n) is 3.20. The second-order valence-corrected chi connectivity index (χ2v) is 4.75. The predicted octanol–water partition coefficient (Wildman–Crippen LogP) is 4.06. The average Bonchev–Trinajstić information content (AvgIpc) is 2.48. The van der Waals surface area contributed by atoms with Crippen LogP contribution in [0.2, 0.25) is 0 Å². The summed E-state index contributed by atoms with van der Waals surface area (Å²) >= 11 is 0. The number of benzene rings is 2. The summed E-state index contributed by atoms with van der Waals surface area (Å²) in [6, 6.07) is 15.0. The lowest BCUT2D eigenvalue weighted by molar-refractivity contribution is 0.257.